The minimum absolute atomic E-state index is 0.113. The van der Waals surface area contributed by atoms with Crippen LogP contribution in [0.4, 0.5) is 14.9 Å². The van der Waals surface area contributed by atoms with E-state index in [0.29, 0.717) is 16.6 Å². The van der Waals surface area contributed by atoms with Gasteiger partial charge in [-0.1, -0.05) is 15.9 Å². The molecule has 4 amide bonds. The van der Waals surface area contributed by atoms with Gasteiger partial charge >= 0.3 is 6.03 Å². The number of amides is 4. The first-order chi connectivity index (χ1) is 13.3. The number of benzene rings is 2. The highest BCUT2D eigenvalue weighted by molar-refractivity contribution is 9.10. The summed E-state index contributed by atoms with van der Waals surface area (Å²) in [6, 6.07) is 6.59. The summed E-state index contributed by atoms with van der Waals surface area (Å²) in [5, 5.41) is 12.0. The van der Waals surface area contributed by atoms with Crippen LogP contribution in [0.25, 0.3) is 6.08 Å². The second-order valence-electron chi connectivity index (χ2n) is 5.71. The maximum Gasteiger partial charge on any atom is 0.335 e. The third-order valence-corrected chi connectivity index (χ3v) is 4.55. The van der Waals surface area contributed by atoms with E-state index in [0.717, 1.165) is 17.0 Å². The van der Waals surface area contributed by atoms with Crippen LogP contribution < -0.4 is 15.0 Å². The molecule has 0 unspecified atom stereocenters. The second-order valence-corrected chi connectivity index (χ2v) is 6.56. The molecule has 144 valence electrons. The van der Waals surface area contributed by atoms with Crippen molar-refractivity contribution in [1.29, 1.82) is 0 Å². The molecule has 0 radical (unpaired) electrons. The number of carbonyl (C=O) groups is 3. The van der Waals surface area contributed by atoms with Crippen LogP contribution in [0.15, 0.2) is 46.4 Å². The maximum atomic E-state index is 13.1. The maximum absolute atomic E-state index is 13.1. The molecule has 0 saturated carbocycles. The van der Waals surface area contributed by atoms with Crippen LogP contribution in [0.1, 0.15) is 12.5 Å². The van der Waals surface area contributed by atoms with Crippen LogP contribution in [0, 0.1) is 5.82 Å². The SMILES string of the molecule is CCOc1cc(/C=C2\C(=O)NC(=O)N(c3ccc(F)cc3)C2=O)c(Br)cc1O. The van der Waals surface area contributed by atoms with Gasteiger partial charge in [-0.05, 0) is 55.0 Å². The summed E-state index contributed by atoms with van der Waals surface area (Å²) < 4.78 is 18.9. The number of nitrogens with zero attached hydrogens (tertiary/aromatic N) is 1. The average Bonchev–Trinajstić information content (AvgIpc) is 2.63. The van der Waals surface area contributed by atoms with E-state index in [-0.39, 0.29) is 22.8 Å². The quantitative estimate of drug-likeness (QED) is 0.552. The molecule has 1 aliphatic heterocycles. The number of anilines is 1. The Balaban J connectivity index is 2.04. The summed E-state index contributed by atoms with van der Waals surface area (Å²) in [5.41, 5.74) is 0.188. The van der Waals surface area contributed by atoms with E-state index in [1.807, 2.05) is 0 Å². The predicted octanol–water partition coefficient (Wildman–Crippen LogP) is 3.36. The number of imide groups is 2. The zero-order chi connectivity index (χ0) is 20.4. The monoisotopic (exact) mass is 448 g/mol. The van der Waals surface area contributed by atoms with Crippen molar-refractivity contribution in [2.75, 3.05) is 11.5 Å². The molecule has 1 saturated heterocycles. The molecule has 0 aliphatic carbocycles. The van der Waals surface area contributed by atoms with Crippen LogP contribution >= 0.6 is 15.9 Å². The Kier molecular flexibility index (Phi) is 5.46. The van der Waals surface area contributed by atoms with Crippen molar-refractivity contribution >= 4 is 45.5 Å². The van der Waals surface area contributed by atoms with Crippen LogP contribution in [-0.2, 0) is 9.59 Å². The van der Waals surface area contributed by atoms with Crippen molar-refractivity contribution in [1.82, 2.24) is 5.32 Å². The highest BCUT2D eigenvalue weighted by Gasteiger charge is 2.37. The van der Waals surface area contributed by atoms with Gasteiger partial charge in [-0.2, -0.15) is 0 Å². The lowest BCUT2D eigenvalue weighted by atomic mass is 10.1. The summed E-state index contributed by atoms with van der Waals surface area (Å²) in [6.45, 7) is 2.04. The van der Waals surface area contributed by atoms with Gasteiger partial charge in [-0.25, -0.2) is 14.1 Å². The summed E-state index contributed by atoms with van der Waals surface area (Å²) in [7, 11) is 0. The van der Waals surface area contributed by atoms with Gasteiger partial charge in [-0.15, -0.1) is 0 Å². The van der Waals surface area contributed by atoms with Gasteiger partial charge in [0.2, 0.25) is 0 Å². The van der Waals surface area contributed by atoms with Crippen LogP contribution in [0.5, 0.6) is 11.5 Å². The highest BCUT2D eigenvalue weighted by Crippen LogP contribution is 2.34. The van der Waals surface area contributed by atoms with Gasteiger partial charge < -0.3 is 9.84 Å². The first-order valence-corrected chi connectivity index (χ1v) is 8.93. The Morgan fingerprint density at radius 1 is 1.21 bits per heavy atom. The summed E-state index contributed by atoms with van der Waals surface area (Å²) in [4.78, 5) is 37.9. The zero-order valence-corrected chi connectivity index (χ0v) is 16.1. The molecule has 2 N–H and O–H groups in total. The van der Waals surface area contributed by atoms with E-state index in [9.17, 15) is 23.9 Å². The number of rotatable bonds is 4. The molecule has 1 heterocycles. The van der Waals surface area contributed by atoms with Crippen molar-refractivity contribution in [2.24, 2.45) is 0 Å². The van der Waals surface area contributed by atoms with Gasteiger partial charge in [0.05, 0.1) is 12.3 Å². The first kappa shape index (κ1) is 19.6. The number of nitrogens with one attached hydrogen (secondary N) is 1. The van der Waals surface area contributed by atoms with Crippen LogP contribution in [0.2, 0.25) is 0 Å². The molecule has 3 rings (SSSR count). The van der Waals surface area contributed by atoms with Gasteiger partial charge in [0.25, 0.3) is 11.8 Å². The number of barbiturate groups is 1. The Hall–Kier alpha value is -3.20. The third kappa shape index (κ3) is 3.74. The van der Waals surface area contributed by atoms with Gasteiger partial charge in [0.1, 0.15) is 11.4 Å². The fraction of sp³-hybridized carbons (Fsp3) is 0.105. The summed E-state index contributed by atoms with van der Waals surface area (Å²) in [5.74, 6) is -2.20. The fourth-order valence-electron chi connectivity index (χ4n) is 2.58. The molecule has 0 aromatic heterocycles. The normalized spacial score (nSPS) is 15.8. The van der Waals surface area contributed by atoms with E-state index in [4.69, 9.17) is 4.74 Å². The lowest BCUT2D eigenvalue weighted by Gasteiger charge is -2.26. The molecule has 9 heteroatoms. The van der Waals surface area contributed by atoms with Crippen LogP contribution in [0.3, 0.4) is 0 Å². The number of hydrogen-bond donors (Lipinski definition) is 2. The van der Waals surface area contributed by atoms with Gasteiger partial charge in [0.15, 0.2) is 11.5 Å². The molecule has 0 atom stereocenters. The van der Waals surface area contributed by atoms with Crippen molar-refractivity contribution in [2.45, 2.75) is 6.92 Å². The van der Waals surface area contributed by atoms with Crippen LogP contribution in [-0.4, -0.2) is 29.6 Å². The number of phenolic OH excluding ortho intramolecular Hbond substituents is 1. The molecule has 1 fully saturated rings. The Morgan fingerprint density at radius 2 is 1.89 bits per heavy atom. The number of halogens is 2. The topological polar surface area (TPSA) is 95.9 Å². The lowest BCUT2D eigenvalue weighted by molar-refractivity contribution is -0.122. The van der Waals surface area contributed by atoms with Crippen molar-refractivity contribution in [3.63, 3.8) is 0 Å². The third-order valence-electron chi connectivity index (χ3n) is 3.86. The number of phenols is 1. The Morgan fingerprint density at radius 3 is 2.54 bits per heavy atom. The molecule has 2 aromatic carbocycles. The van der Waals surface area contributed by atoms with Crippen molar-refractivity contribution in [3.8, 4) is 11.5 Å². The minimum Gasteiger partial charge on any atom is -0.504 e. The molecular weight excluding hydrogens is 435 g/mol. The number of urea groups is 1. The van der Waals surface area contributed by atoms with Crippen molar-refractivity contribution < 1.29 is 28.6 Å². The fourth-order valence-corrected chi connectivity index (χ4v) is 3.02. The average molecular weight is 449 g/mol. The molecule has 1 aliphatic rings. The van der Waals surface area contributed by atoms with E-state index in [1.165, 1.54) is 30.3 Å². The number of ether oxygens (including phenoxy) is 1. The molecule has 2 aromatic rings. The molecular formula is C19H14BrFN2O5. The minimum atomic E-state index is -0.932. The number of aromatic hydroxyl groups is 1. The molecule has 7 nitrogen and oxygen atoms in total. The molecule has 28 heavy (non-hydrogen) atoms. The smallest absolute Gasteiger partial charge is 0.335 e. The Labute approximate surface area is 167 Å². The Bertz CT molecular complexity index is 1000. The van der Waals surface area contributed by atoms with E-state index in [1.54, 1.807) is 6.92 Å². The predicted molar refractivity (Wildman–Crippen MR) is 102 cm³/mol. The second kappa shape index (κ2) is 7.81. The lowest BCUT2D eigenvalue weighted by Crippen LogP contribution is -2.54. The van der Waals surface area contributed by atoms with Crippen molar-refractivity contribution in [3.05, 3.63) is 57.8 Å². The summed E-state index contributed by atoms with van der Waals surface area (Å²) in [6.07, 6.45) is 1.27. The molecule has 0 bridgehead atoms. The highest BCUT2D eigenvalue weighted by atomic mass is 79.9. The first-order valence-electron chi connectivity index (χ1n) is 8.14. The van der Waals surface area contributed by atoms with E-state index in [2.05, 4.69) is 21.2 Å². The number of hydrogen-bond acceptors (Lipinski definition) is 5. The van der Waals surface area contributed by atoms with Gasteiger partial charge in [-0.3, -0.25) is 14.9 Å². The standard InChI is InChI=1S/C19H14BrFN2O5/c1-2-28-16-8-10(14(20)9-15(16)24)7-13-17(25)22-19(27)23(18(13)26)12-5-3-11(21)4-6-12/h3-9,24H,2H2,1H3,(H,22,25,27)/b13-7+. The zero-order valence-electron chi connectivity index (χ0n) is 14.5. The largest absolute Gasteiger partial charge is 0.504 e. The number of carbonyl (C=O) groups excluding carboxylic acids is 3. The van der Waals surface area contributed by atoms with E-state index >= 15 is 0 Å². The molecule has 0 spiro atoms. The van der Waals surface area contributed by atoms with Gasteiger partial charge in [0, 0.05) is 4.47 Å². The summed E-state index contributed by atoms with van der Waals surface area (Å²) >= 11 is 3.25. The van der Waals surface area contributed by atoms with E-state index < -0.39 is 23.7 Å².